The Morgan fingerprint density at radius 1 is 1.08 bits per heavy atom. The summed E-state index contributed by atoms with van der Waals surface area (Å²) in [5.74, 6) is 0.602. The quantitative estimate of drug-likeness (QED) is 0.595. The number of hydrogen-bond acceptors (Lipinski definition) is 4. The summed E-state index contributed by atoms with van der Waals surface area (Å²) in [6.45, 7) is 12.0. The van der Waals surface area contributed by atoms with Crippen LogP contribution in [-0.4, -0.2) is 55.0 Å². The fraction of sp³-hybridized carbons (Fsp3) is 0.611. The topological polar surface area (TPSA) is 32.8 Å². The van der Waals surface area contributed by atoms with Gasteiger partial charge in [-0.2, -0.15) is 0 Å². The van der Waals surface area contributed by atoms with Crippen LogP contribution in [-0.2, 0) is 4.79 Å². The molecule has 138 valence electrons. The van der Waals surface area contributed by atoms with E-state index in [4.69, 9.17) is 4.74 Å². The average Bonchev–Trinajstić information content (AvgIpc) is 2.45. The number of esters is 1. The molecule has 0 bridgehead atoms. The number of hydrogen-bond donors (Lipinski definition) is 0. The third-order valence-corrected chi connectivity index (χ3v) is 4.44. The van der Waals surface area contributed by atoms with Crippen molar-refractivity contribution in [2.75, 3.05) is 33.2 Å². The minimum atomic E-state index is -0.145. The van der Waals surface area contributed by atoms with E-state index < -0.39 is 0 Å². The van der Waals surface area contributed by atoms with E-state index in [1.807, 2.05) is 13.8 Å². The van der Waals surface area contributed by atoms with Gasteiger partial charge < -0.3 is 9.64 Å². The summed E-state index contributed by atoms with van der Waals surface area (Å²) in [5.41, 5.74) is 3.25. The number of rotatable bonds is 4. The van der Waals surface area contributed by atoms with Crippen molar-refractivity contribution in [3.8, 4) is 5.75 Å². The van der Waals surface area contributed by atoms with Crippen molar-refractivity contribution >= 4 is 30.8 Å². The Hall–Kier alpha value is -0.810. The molecular weight excluding hydrogens is 347 g/mol. The molecular formula is C18H30Cl2N2O2. The van der Waals surface area contributed by atoms with E-state index in [-0.39, 0.29) is 36.8 Å². The molecule has 1 unspecified atom stereocenters. The highest BCUT2D eigenvalue weighted by Crippen LogP contribution is 2.25. The highest BCUT2D eigenvalue weighted by molar-refractivity contribution is 5.85. The third-order valence-electron chi connectivity index (χ3n) is 4.44. The van der Waals surface area contributed by atoms with Gasteiger partial charge >= 0.3 is 5.97 Å². The van der Waals surface area contributed by atoms with Crippen molar-refractivity contribution in [2.24, 2.45) is 0 Å². The van der Waals surface area contributed by atoms with Crippen molar-refractivity contribution in [3.05, 3.63) is 28.8 Å². The van der Waals surface area contributed by atoms with Crippen LogP contribution in [0.15, 0.2) is 12.1 Å². The molecule has 0 saturated carbocycles. The number of carbonyl (C=O) groups is 1. The fourth-order valence-corrected chi connectivity index (χ4v) is 3.20. The number of carbonyl (C=O) groups excluding carboxylic acids is 1. The van der Waals surface area contributed by atoms with Crippen molar-refractivity contribution < 1.29 is 9.53 Å². The third kappa shape index (κ3) is 5.62. The minimum Gasteiger partial charge on any atom is -0.425 e. The molecule has 0 aromatic heterocycles. The summed E-state index contributed by atoms with van der Waals surface area (Å²) in [6, 6.07) is 3.98. The summed E-state index contributed by atoms with van der Waals surface area (Å²) < 4.78 is 5.77. The molecule has 0 spiro atoms. The van der Waals surface area contributed by atoms with Gasteiger partial charge in [0.15, 0.2) is 0 Å². The van der Waals surface area contributed by atoms with Crippen LogP contribution in [0.25, 0.3) is 0 Å². The maximum Gasteiger partial charge on any atom is 0.328 e. The minimum absolute atomic E-state index is 0. The molecule has 1 fully saturated rings. The van der Waals surface area contributed by atoms with Crippen LogP contribution in [0.5, 0.6) is 5.75 Å². The largest absolute Gasteiger partial charge is 0.425 e. The molecule has 1 aliphatic rings. The van der Waals surface area contributed by atoms with E-state index in [2.05, 4.69) is 42.8 Å². The van der Waals surface area contributed by atoms with Gasteiger partial charge in [0, 0.05) is 26.2 Å². The first-order valence-corrected chi connectivity index (χ1v) is 8.14. The van der Waals surface area contributed by atoms with Gasteiger partial charge in [-0.15, -0.1) is 24.8 Å². The van der Waals surface area contributed by atoms with E-state index in [1.165, 1.54) is 5.56 Å². The second kappa shape index (κ2) is 10.2. The van der Waals surface area contributed by atoms with Crippen LogP contribution in [0.4, 0.5) is 0 Å². The van der Waals surface area contributed by atoms with E-state index in [9.17, 15) is 4.79 Å². The molecule has 1 atom stereocenters. The van der Waals surface area contributed by atoms with E-state index in [1.54, 1.807) is 0 Å². The normalized spacial score (nSPS) is 16.7. The van der Waals surface area contributed by atoms with Crippen LogP contribution < -0.4 is 4.74 Å². The second-order valence-corrected chi connectivity index (χ2v) is 6.41. The summed E-state index contributed by atoms with van der Waals surface area (Å²) in [6.07, 6.45) is 0.784. The highest BCUT2D eigenvalue weighted by Gasteiger charge is 2.29. The molecule has 1 aliphatic heterocycles. The van der Waals surface area contributed by atoms with Crippen molar-refractivity contribution in [2.45, 2.75) is 40.2 Å². The van der Waals surface area contributed by atoms with Gasteiger partial charge in [-0.25, -0.2) is 4.79 Å². The van der Waals surface area contributed by atoms with Crippen molar-refractivity contribution in [1.29, 1.82) is 0 Å². The Balaban J connectivity index is 0.00000264. The number of aryl methyl sites for hydroxylation is 3. The first-order valence-electron chi connectivity index (χ1n) is 8.14. The molecule has 0 amide bonds. The maximum atomic E-state index is 12.6. The van der Waals surface area contributed by atoms with Crippen molar-refractivity contribution in [1.82, 2.24) is 9.80 Å². The Bertz CT molecular complexity index is 521. The summed E-state index contributed by atoms with van der Waals surface area (Å²) in [5, 5.41) is 0. The number of benzene rings is 1. The van der Waals surface area contributed by atoms with Crippen LogP contribution >= 0.6 is 24.8 Å². The molecule has 2 rings (SSSR count). The molecule has 24 heavy (non-hydrogen) atoms. The predicted octanol–water partition coefficient (Wildman–Crippen LogP) is 3.39. The highest BCUT2D eigenvalue weighted by atomic mass is 35.5. The number of likely N-dealkylation sites (N-methyl/N-ethyl adjacent to an activating group) is 1. The lowest BCUT2D eigenvalue weighted by Gasteiger charge is -2.36. The van der Waals surface area contributed by atoms with Gasteiger partial charge in [-0.1, -0.05) is 24.6 Å². The number of nitrogens with zero attached hydrogens (tertiary/aromatic N) is 2. The second-order valence-electron chi connectivity index (χ2n) is 6.41. The maximum absolute atomic E-state index is 12.6. The lowest BCUT2D eigenvalue weighted by molar-refractivity contribution is -0.141. The van der Waals surface area contributed by atoms with Gasteiger partial charge in [0.1, 0.15) is 11.8 Å². The molecule has 0 aliphatic carbocycles. The Labute approximate surface area is 158 Å². The lowest BCUT2D eigenvalue weighted by Crippen LogP contribution is -2.52. The smallest absolute Gasteiger partial charge is 0.328 e. The first-order chi connectivity index (χ1) is 10.4. The van der Waals surface area contributed by atoms with Crippen LogP contribution in [0, 0.1) is 20.8 Å². The summed E-state index contributed by atoms with van der Waals surface area (Å²) in [4.78, 5) is 17.2. The molecule has 1 saturated heterocycles. The van der Waals surface area contributed by atoms with Crippen LogP contribution in [0.3, 0.4) is 0 Å². The molecule has 0 N–H and O–H groups in total. The standard InChI is InChI=1S/C18H28N2O2.2ClH/c1-6-16(20-9-7-19(5)8-10-20)18(21)22-17-14(3)11-13(2)12-15(17)4;;/h11-12,16H,6-10H2,1-5H3;2*1H. The van der Waals surface area contributed by atoms with E-state index in [0.29, 0.717) is 0 Å². The van der Waals surface area contributed by atoms with Gasteiger partial charge in [-0.05, 0) is 45.4 Å². The van der Waals surface area contributed by atoms with Gasteiger partial charge in [-0.3, -0.25) is 4.90 Å². The molecule has 1 heterocycles. The molecule has 6 heteroatoms. The van der Waals surface area contributed by atoms with Crippen LogP contribution in [0.2, 0.25) is 0 Å². The molecule has 0 radical (unpaired) electrons. The number of ether oxygens (including phenoxy) is 1. The first kappa shape index (κ1) is 23.2. The van der Waals surface area contributed by atoms with Gasteiger partial charge in [0.25, 0.3) is 0 Å². The number of halogens is 2. The predicted molar refractivity (Wildman–Crippen MR) is 104 cm³/mol. The molecule has 1 aromatic rings. The average molecular weight is 377 g/mol. The van der Waals surface area contributed by atoms with Crippen LogP contribution in [0.1, 0.15) is 30.0 Å². The van der Waals surface area contributed by atoms with E-state index in [0.717, 1.165) is 49.5 Å². The Kier molecular flexibility index (Phi) is 9.90. The monoisotopic (exact) mass is 376 g/mol. The zero-order valence-corrected chi connectivity index (χ0v) is 16.9. The number of piperazine rings is 1. The molecule has 1 aromatic carbocycles. The lowest BCUT2D eigenvalue weighted by atomic mass is 10.1. The Morgan fingerprint density at radius 2 is 1.58 bits per heavy atom. The zero-order chi connectivity index (χ0) is 16.3. The SMILES string of the molecule is CCC(C(=O)Oc1c(C)cc(C)cc1C)N1CCN(C)CC1.Cl.Cl. The Morgan fingerprint density at radius 3 is 2.04 bits per heavy atom. The van der Waals surface area contributed by atoms with Gasteiger partial charge in [0.05, 0.1) is 0 Å². The summed E-state index contributed by atoms with van der Waals surface area (Å²) >= 11 is 0. The zero-order valence-electron chi connectivity index (χ0n) is 15.3. The summed E-state index contributed by atoms with van der Waals surface area (Å²) in [7, 11) is 2.12. The van der Waals surface area contributed by atoms with Crippen molar-refractivity contribution in [3.63, 3.8) is 0 Å². The fourth-order valence-electron chi connectivity index (χ4n) is 3.20. The van der Waals surface area contributed by atoms with Gasteiger partial charge in [0.2, 0.25) is 0 Å². The van der Waals surface area contributed by atoms with E-state index >= 15 is 0 Å². The molecule has 4 nitrogen and oxygen atoms in total.